The molecule has 0 bridgehead atoms. The fourth-order valence-corrected chi connectivity index (χ4v) is 1.45. The van der Waals surface area contributed by atoms with Crippen LogP contribution in [-0.4, -0.2) is 42.2 Å². The number of ether oxygens (including phenoxy) is 1. The van der Waals surface area contributed by atoms with Crippen molar-refractivity contribution in [2.24, 2.45) is 0 Å². The zero-order valence-corrected chi connectivity index (χ0v) is 10.3. The first-order chi connectivity index (χ1) is 8.17. The van der Waals surface area contributed by atoms with Gasteiger partial charge in [0.15, 0.2) is 6.61 Å². The highest BCUT2D eigenvalue weighted by Crippen LogP contribution is 2.11. The van der Waals surface area contributed by atoms with Gasteiger partial charge in [0.25, 0.3) is 5.91 Å². The normalized spacial score (nSPS) is 10.1. The number of benzene rings is 1. The van der Waals surface area contributed by atoms with Crippen molar-refractivity contribution in [3.63, 3.8) is 0 Å². The van der Waals surface area contributed by atoms with Crippen molar-refractivity contribution in [2.45, 2.75) is 13.8 Å². The summed E-state index contributed by atoms with van der Waals surface area (Å²) in [6.07, 6.45) is 0. The standard InChI is InChI=1S/C13H19NO3/c1-3-14(8-9-15)13(16)10-17-12-6-4-11(2)5-7-12/h4-7,15H,3,8-10H2,1-2H3. The number of aryl methyl sites for hydroxylation is 1. The van der Waals surface area contributed by atoms with Gasteiger partial charge in [0.05, 0.1) is 6.61 Å². The highest BCUT2D eigenvalue weighted by Gasteiger charge is 2.11. The maximum absolute atomic E-state index is 11.7. The molecule has 1 rings (SSSR count). The van der Waals surface area contributed by atoms with E-state index in [1.165, 1.54) is 0 Å². The van der Waals surface area contributed by atoms with E-state index in [2.05, 4.69) is 0 Å². The van der Waals surface area contributed by atoms with Crippen LogP contribution in [0.25, 0.3) is 0 Å². The van der Waals surface area contributed by atoms with Gasteiger partial charge in [-0.3, -0.25) is 4.79 Å². The van der Waals surface area contributed by atoms with E-state index < -0.39 is 0 Å². The van der Waals surface area contributed by atoms with Gasteiger partial charge in [-0.15, -0.1) is 0 Å². The second kappa shape index (κ2) is 6.91. The summed E-state index contributed by atoms with van der Waals surface area (Å²) in [6.45, 7) is 4.79. The van der Waals surface area contributed by atoms with E-state index in [9.17, 15) is 4.79 Å². The van der Waals surface area contributed by atoms with E-state index in [1.807, 2.05) is 38.1 Å². The number of likely N-dealkylation sites (N-methyl/N-ethyl adjacent to an activating group) is 1. The first-order valence-corrected chi connectivity index (χ1v) is 5.75. The number of nitrogens with zero attached hydrogens (tertiary/aromatic N) is 1. The first kappa shape index (κ1) is 13.5. The molecule has 94 valence electrons. The number of aliphatic hydroxyl groups excluding tert-OH is 1. The van der Waals surface area contributed by atoms with E-state index >= 15 is 0 Å². The molecule has 0 unspecified atom stereocenters. The van der Waals surface area contributed by atoms with Crippen molar-refractivity contribution in [3.05, 3.63) is 29.8 Å². The van der Waals surface area contributed by atoms with Gasteiger partial charge >= 0.3 is 0 Å². The average molecular weight is 237 g/mol. The Balaban J connectivity index is 2.44. The molecule has 1 aromatic carbocycles. The van der Waals surface area contributed by atoms with Crippen LogP contribution in [0.1, 0.15) is 12.5 Å². The highest BCUT2D eigenvalue weighted by molar-refractivity contribution is 5.77. The summed E-state index contributed by atoms with van der Waals surface area (Å²) < 4.78 is 5.38. The summed E-state index contributed by atoms with van der Waals surface area (Å²) in [4.78, 5) is 13.3. The lowest BCUT2D eigenvalue weighted by atomic mass is 10.2. The number of hydrogen-bond donors (Lipinski definition) is 1. The quantitative estimate of drug-likeness (QED) is 0.809. The van der Waals surface area contributed by atoms with Crippen molar-refractivity contribution in [2.75, 3.05) is 26.3 Å². The minimum absolute atomic E-state index is 0.0108. The molecular formula is C13H19NO3. The summed E-state index contributed by atoms with van der Waals surface area (Å²) in [5.41, 5.74) is 1.15. The van der Waals surface area contributed by atoms with Crippen molar-refractivity contribution < 1.29 is 14.6 Å². The summed E-state index contributed by atoms with van der Waals surface area (Å²) in [7, 11) is 0. The minimum atomic E-state index is -0.109. The molecule has 0 radical (unpaired) electrons. The van der Waals surface area contributed by atoms with Gasteiger partial charge in [0.2, 0.25) is 0 Å². The number of hydrogen-bond acceptors (Lipinski definition) is 3. The Morgan fingerprint density at radius 3 is 2.53 bits per heavy atom. The minimum Gasteiger partial charge on any atom is -0.484 e. The molecule has 0 aliphatic heterocycles. The number of carbonyl (C=O) groups excluding carboxylic acids is 1. The molecule has 17 heavy (non-hydrogen) atoms. The second-order valence-electron chi connectivity index (χ2n) is 3.80. The molecule has 0 aliphatic rings. The molecule has 1 aromatic rings. The molecule has 1 amide bonds. The third-order valence-corrected chi connectivity index (χ3v) is 2.49. The third kappa shape index (κ3) is 4.44. The summed E-state index contributed by atoms with van der Waals surface area (Å²) in [5.74, 6) is 0.575. The van der Waals surface area contributed by atoms with Gasteiger partial charge < -0.3 is 14.7 Å². The molecule has 0 heterocycles. The predicted molar refractivity (Wildman–Crippen MR) is 66.0 cm³/mol. The Bertz CT molecular complexity index is 348. The van der Waals surface area contributed by atoms with Crippen LogP contribution in [0.5, 0.6) is 5.75 Å². The van der Waals surface area contributed by atoms with Crippen LogP contribution in [0.15, 0.2) is 24.3 Å². The maximum Gasteiger partial charge on any atom is 0.260 e. The van der Waals surface area contributed by atoms with Crippen molar-refractivity contribution in [1.29, 1.82) is 0 Å². The number of rotatable bonds is 6. The van der Waals surface area contributed by atoms with Crippen LogP contribution in [0.4, 0.5) is 0 Å². The first-order valence-electron chi connectivity index (χ1n) is 5.75. The van der Waals surface area contributed by atoms with E-state index in [4.69, 9.17) is 9.84 Å². The van der Waals surface area contributed by atoms with Gasteiger partial charge in [-0.05, 0) is 26.0 Å². The Kier molecular flexibility index (Phi) is 5.49. The van der Waals surface area contributed by atoms with Crippen LogP contribution >= 0.6 is 0 Å². The number of carbonyl (C=O) groups is 1. The summed E-state index contributed by atoms with van der Waals surface area (Å²) in [5, 5.41) is 8.80. The van der Waals surface area contributed by atoms with Gasteiger partial charge in [0.1, 0.15) is 5.75 Å². The Morgan fingerprint density at radius 2 is 2.00 bits per heavy atom. The van der Waals surface area contributed by atoms with Gasteiger partial charge in [0, 0.05) is 13.1 Å². The molecule has 4 nitrogen and oxygen atoms in total. The highest BCUT2D eigenvalue weighted by atomic mass is 16.5. The molecule has 0 aromatic heterocycles. The van der Waals surface area contributed by atoms with Gasteiger partial charge in [-0.1, -0.05) is 17.7 Å². The van der Waals surface area contributed by atoms with Crippen LogP contribution in [0.3, 0.4) is 0 Å². The fourth-order valence-electron chi connectivity index (χ4n) is 1.45. The van der Waals surface area contributed by atoms with E-state index in [0.29, 0.717) is 18.8 Å². The fraction of sp³-hybridized carbons (Fsp3) is 0.462. The molecule has 0 spiro atoms. The van der Waals surface area contributed by atoms with E-state index in [-0.39, 0.29) is 19.1 Å². The lowest BCUT2D eigenvalue weighted by molar-refractivity contribution is -0.133. The lowest BCUT2D eigenvalue weighted by Crippen LogP contribution is -2.36. The van der Waals surface area contributed by atoms with Crippen LogP contribution in [0.2, 0.25) is 0 Å². The zero-order chi connectivity index (χ0) is 12.7. The van der Waals surface area contributed by atoms with Crippen molar-refractivity contribution >= 4 is 5.91 Å². The van der Waals surface area contributed by atoms with Crippen LogP contribution in [-0.2, 0) is 4.79 Å². The molecule has 4 heteroatoms. The van der Waals surface area contributed by atoms with Crippen molar-refractivity contribution in [3.8, 4) is 5.75 Å². The molecular weight excluding hydrogens is 218 g/mol. The zero-order valence-electron chi connectivity index (χ0n) is 10.3. The number of aliphatic hydroxyl groups is 1. The average Bonchev–Trinajstić information content (AvgIpc) is 2.35. The van der Waals surface area contributed by atoms with E-state index in [0.717, 1.165) is 5.56 Å². The number of amides is 1. The maximum atomic E-state index is 11.7. The molecule has 0 saturated heterocycles. The van der Waals surface area contributed by atoms with E-state index in [1.54, 1.807) is 4.90 Å². The lowest BCUT2D eigenvalue weighted by Gasteiger charge is -2.19. The molecule has 0 fully saturated rings. The molecule has 0 aliphatic carbocycles. The van der Waals surface area contributed by atoms with Gasteiger partial charge in [-0.2, -0.15) is 0 Å². The predicted octanol–water partition coefficient (Wildman–Crippen LogP) is 1.21. The SMILES string of the molecule is CCN(CCO)C(=O)COc1ccc(C)cc1. The third-order valence-electron chi connectivity index (χ3n) is 2.49. The largest absolute Gasteiger partial charge is 0.484 e. The Morgan fingerprint density at radius 1 is 1.35 bits per heavy atom. The molecule has 0 saturated carbocycles. The van der Waals surface area contributed by atoms with Gasteiger partial charge in [-0.25, -0.2) is 0 Å². The van der Waals surface area contributed by atoms with Crippen LogP contribution in [0, 0.1) is 6.92 Å². The van der Waals surface area contributed by atoms with Crippen LogP contribution < -0.4 is 4.74 Å². The Labute approximate surface area is 102 Å². The monoisotopic (exact) mass is 237 g/mol. The summed E-state index contributed by atoms with van der Waals surface area (Å²) >= 11 is 0. The molecule has 1 N–H and O–H groups in total. The second-order valence-corrected chi connectivity index (χ2v) is 3.80. The smallest absolute Gasteiger partial charge is 0.260 e. The summed E-state index contributed by atoms with van der Waals surface area (Å²) in [6, 6.07) is 7.55. The molecule has 0 atom stereocenters. The Hall–Kier alpha value is -1.55. The topological polar surface area (TPSA) is 49.8 Å². The van der Waals surface area contributed by atoms with Crippen molar-refractivity contribution in [1.82, 2.24) is 4.90 Å².